The summed E-state index contributed by atoms with van der Waals surface area (Å²) in [5.41, 5.74) is 4.00. The van der Waals surface area contributed by atoms with Gasteiger partial charge in [-0.15, -0.1) is 0 Å². The highest BCUT2D eigenvalue weighted by Crippen LogP contribution is 2.24. The standard InChI is InChI=1S/C26H26N2O3S/c1-4-30-15-14-28-24-19(3)16-18(2)17-23(24)32-26(28)27-25(29)20-10-12-22(13-11-20)31-21-8-6-5-7-9-21/h5-13,16-17H,4,14-15H2,1-3H3. The molecule has 0 radical (unpaired) electrons. The summed E-state index contributed by atoms with van der Waals surface area (Å²) in [6, 6.07) is 20.9. The Hall–Kier alpha value is -3.22. The van der Waals surface area contributed by atoms with E-state index in [0.717, 1.165) is 16.0 Å². The summed E-state index contributed by atoms with van der Waals surface area (Å²) in [5.74, 6) is 1.15. The smallest absolute Gasteiger partial charge is 0.279 e. The van der Waals surface area contributed by atoms with Crippen molar-refractivity contribution < 1.29 is 14.3 Å². The normalized spacial score (nSPS) is 11.8. The van der Waals surface area contributed by atoms with Crippen molar-refractivity contribution in [3.8, 4) is 11.5 Å². The second-order valence-electron chi connectivity index (χ2n) is 7.52. The molecule has 4 aromatic rings. The summed E-state index contributed by atoms with van der Waals surface area (Å²) in [5, 5.41) is 0. The molecule has 4 rings (SSSR count). The highest BCUT2D eigenvalue weighted by Gasteiger charge is 2.12. The van der Waals surface area contributed by atoms with Crippen LogP contribution in [0.25, 0.3) is 10.2 Å². The Kier molecular flexibility index (Phi) is 6.83. The third kappa shape index (κ3) is 4.98. The number of aromatic nitrogens is 1. The molecule has 1 amide bonds. The summed E-state index contributed by atoms with van der Waals surface area (Å²) in [6.07, 6.45) is 0. The molecule has 0 saturated carbocycles. The van der Waals surface area contributed by atoms with E-state index in [9.17, 15) is 4.79 Å². The van der Waals surface area contributed by atoms with Crippen LogP contribution in [0.2, 0.25) is 0 Å². The van der Waals surface area contributed by atoms with Gasteiger partial charge in [-0.1, -0.05) is 35.6 Å². The van der Waals surface area contributed by atoms with Gasteiger partial charge in [0.15, 0.2) is 4.80 Å². The lowest BCUT2D eigenvalue weighted by Crippen LogP contribution is -2.20. The summed E-state index contributed by atoms with van der Waals surface area (Å²) in [7, 11) is 0. The number of carbonyl (C=O) groups is 1. The molecule has 0 bridgehead atoms. The third-order valence-electron chi connectivity index (χ3n) is 5.05. The second-order valence-corrected chi connectivity index (χ2v) is 8.53. The number of hydrogen-bond donors (Lipinski definition) is 0. The van der Waals surface area contributed by atoms with E-state index in [1.54, 1.807) is 24.3 Å². The van der Waals surface area contributed by atoms with Crippen LogP contribution in [-0.2, 0) is 11.3 Å². The number of nitrogens with zero attached hydrogens (tertiary/aromatic N) is 2. The molecule has 0 N–H and O–H groups in total. The molecule has 164 valence electrons. The van der Waals surface area contributed by atoms with Crippen molar-refractivity contribution >= 4 is 27.5 Å². The molecule has 0 atom stereocenters. The fourth-order valence-electron chi connectivity index (χ4n) is 3.63. The van der Waals surface area contributed by atoms with Crippen molar-refractivity contribution in [2.24, 2.45) is 4.99 Å². The van der Waals surface area contributed by atoms with Crippen LogP contribution in [0.5, 0.6) is 11.5 Å². The van der Waals surface area contributed by atoms with E-state index in [-0.39, 0.29) is 5.91 Å². The van der Waals surface area contributed by atoms with Crippen molar-refractivity contribution in [3.05, 3.63) is 88.2 Å². The quantitative estimate of drug-likeness (QED) is 0.333. The molecule has 0 spiro atoms. The van der Waals surface area contributed by atoms with Gasteiger partial charge in [0.2, 0.25) is 0 Å². The first kappa shape index (κ1) is 22.0. The van der Waals surface area contributed by atoms with Gasteiger partial charge >= 0.3 is 0 Å². The van der Waals surface area contributed by atoms with Crippen molar-refractivity contribution in [3.63, 3.8) is 0 Å². The number of hydrogen-bond acceptors (Lipinski definition) is 4. The number of rotatable bonds is 7. The summed E-state index contributed by atoms with van der Waals surface area (Å²) in [6.45, 7) is 8.03. The minimum Gasteiger partial charge on any atom is -0.457 e. The van der Waals surface area contributed by atoms with E-state index in [1.165, 1.54) is 22.5 Å². The zero-order valence-electron chi connectivity index (χ0n) is 18.5. The molecular weight excluding hydrogens is 420 g/mol. The van der Waals surface area contributed by atoms with Gasteiger partial charge in [0.1, 0.15) is 11.5 Å². The Morgan fingerprint density at radius 3 is 2.44 bits per heavy atom. The maximum atomic E-state index is 12.9. The first-order chi connectivity index (χ1) is 15.5. The Morgan fingerprint density at radius 2 is 1.72 bits per heavy atom. The van der Waals surface area contributed by atoms with Crippen LogP contribution in [0, 0.1) is 13.8 Å². The number of thiazole rings is 1. The van der Waals surface area contributed by atoms with Gasteiger partial charge in [-0.2, -0.15) is 4.99 Å². The van der Waals surface area contributed by atoms with E-state index in [1.807, 2.05) is 37.3 Å². The van der Waals surface area contributed by atoms with E-state index >= 15 is 0 Å². The fraction of sp³-hybridized carbons (Fsp3) is 0.231. The lowest BCUT2D eigenvalue weighted by atomic mass is 10.1. The van der Waals surface area contributed by atoms with Crippen LogP contribution in [-0.4, -0.2) is 23.7 Å². The zero-order chi connectivity index (χ0) is 22.5. The molecule has 3 aromatic carbocycles. The first-order valence-corrected chi connectivity index (χ1v) is 11.5. The van der Waals surface area contributed by atoms with Gasteiger partial charge in [-0.05, 0) is 74.4 Å². The van der Waals surface area contributed by atoms with Crippen LogP contribution in [0.3, 0.4) is 0 Å². The molecule has 0 fully saturated rings. The number of fused-ring (bicyclic) bond motifs is 1. The van der Waals surface area contributed by atoms with E-state index in [4.69, 9.17) is 9.47 Å². The lowest BCUT2D eigenvalue weighted by molar-refractivity contribution is 0.0996. The van der Waals surface area contributed by atoms with Crippen LogP contribution in [0.1, 0.15) is 28.4 Å². The predicted octanol–water partition coefficient (Wildman–Crippen LogP) is 5.89. The number of carbonyl (C=O) groups excluding carboxylic acids is 1. The molecule has 5 nitrogen and oxygen atoms in total. The summed E-state index contributed by atoms with van der Waals surface area (Å²) >= 11 is 1.53. The topological polar surface area (TPSA) is 52.8 Å². The molecule has 0 aliphatic rings. The lowest BCUT2D eigenvalue weighted by Gasteiger charge is -2.08. The van der Waals surface area contributed by atoms with Crippen molar-refractivity contribution in [1.82, 2.24) is 4.57 Å². The number of ether oxygens (including phenoxy) is 2. The molecule has 0 unspecified atom stereocenters. The molecule has 0 aliphatic carbocycles. The highest BCUT2D eigenvalue weighted by atomic mass is 32.1. The molecule has 0 aliphatic heterocycles. The van der Waals surface area contributed by atoms with Crippen LogP contribution < -0.4 is 9.54 Å². The van der Waals surface area contributed by atoms with Crippen molar-refractivity contribution in [2.75, 3.05) is 13.2 Å². The highest BCUT2D eigenvalue weighted by molar-refractivity contribution is 7.16. The fourth-order valence-corrected chi connectivity index (χ4v) is 4.86. The predicted molar refractivity (Wildman–Crippen MR) is 129 cm³/mol. The van der Waals surface area contributed by atoms with Gasteiger partial charge in [-0.3, -0.25) is 4.79 Å². The van der Waals surface area contributed by atoms with E-state index in [2.05, 4.69) is 35.5 Å². The van der Waals surface area contributed by atoms with Gasteiger partial charge in [-0.25, -0.2) is 0 Å². The molecule has 0 saturated heterocycles. The SMILES string of the molecule is CCOCCn1c(=NC(=O)c2ccc(Oc3ccccc3)cc2)sc2cc(C)cc(C)c21. The van der Waals surface area contributed by atoms with E-state index in [0.29, 0.717) is 35.9 Å². The maximum absolute atomic E-state index is 12.9. The molecule has 32 heavy (non-hydrogen) atoms. The zero-order valence-corrected chi connectivity index (χ0v) is 19.3. The van der Waals surface area contributed by atoms with Crippen molar-refractivity contribution in [2.45, 2.75) is 27.3 Å². The largest absolute Gasteiger partial charge is 0.457 e. The van der Waals surface area contributed by atoms with E-state index < -0.39 is 0 Å². The molecule has 1 heterocycles. The summed E-state index contributed by atoms with van der Waals surface area (Å²) in [4.78, 5) is 18.1. The van der Waals surface area contributed by atoms with Crippen LogP contribution in [0.4, 0.5) is 0 Å². The number of aryl methyl sites for hydroxylation is 2. The average Bonchev–Trinajstić information content (AvgIpc) is 3.12. The monoisotopic (exact) mass is 446 g/mol. The van der Waals surface area contributed by atoms with Gasteiger partial charge in [0.05, 0.1) is 16.8 Å². The van der Waals surface area contributed by atoms with Gasteiger partial charge < -0.3 is 14.0 Å². The maximum Gasteiger partial charge on any atom is 0.279 e. The Morgan fingerprint density at radius 1 is 1.00 bits per heavy atom. The van der Waals surface area contributed by atoms with Crippen molar-refractivity contribution in [1.29, 1.82) is 0 Å². The van der Waals surface area contributed by atoms with Crippen LogP contribution in [0.15, 0.2) is 71.7 Å². The molecule has 1 aromatic heterocycles. The molecule has 6 heteroatoms. The first-order valence-electron chi connectivity index (χ1n) is 10.7. The van der Waals surface area contributed by atoms with Crippen LogP contribution >= 0.6 is 11.3 Å². The van der Waals surface area contributed by atoms with Gasteiger partial charge in [0, 0.05) is 18.7 Å². The second kappa shape index (κ2) is 9.94. The number of benzene rings is 3. The minimum atomic E-state index is -0.276. The Labute approximate surface area is 191 Å². The average molecular weight is 447 g/mol. The third-order valence-corrected chi connectivity index (χ3v) is 6.08. The summed E-state index contributed by atoms with van der Waals surface area (Å²) < 4.78 is 14.6. The number of amides is 1. The molecular formula is C26H26N2O3S. The van der Waals surface area contributed by atoms with Gasteiger partial charge in [0.25, 0.3) is 5.91 Å². The minimum absolute atomic E-state index is 0.276. The Bertz CT molecular complexity index is 1290. The number of para-hydroxylation sites is 1. The Balaban J connectivity index is 1.65.